The zero-order chi connectivity index (χ0) is 31.8. The van der Waals surface area contributed by atoms with Crippen LogP contribution < -0.4 is 0 Å². The molecule has 0 aromatic carbocycles. The van der Waals surface area contributed by atoms with Crippen molar-refractivity contribution in [3.05, 3.63) is 68.6 Å². The van der Waals surface area contributed by atoms with Gasteiger partial charge in [-0.2, -0.15) is 0 Å². The van der Waals surface area contributed by atoms with E-state index in [1.54, 1.807) is 19.1 Å². The lowest BCUT2D eigenvalue weighted by Crippen LogP contribution is -2.08. The number of allylic oxidation sites excluding steroid dienone is 2. The molecule has 8 bridgehead atoms. The standard InChI is InChI=1S/C34H38N4O6/c1-7-18-22-11-21-14(3)28-25(40)10-20(33(28)36-21)32-19(8-9-26(41)42)13(2)30(38-32)16(5)31-15(4)27(17(6)39)23(37-31)12-24(35-22)29(18)34(43)44/h10-13,17,19,34,36,38-40,43-44H,7-9H2,1-6H3,(H,41,42)/t13-,17+,19-/m0/s1. The van der Waals surface area contributed by atoms with Crippen molar-refractivity contribution in [2.75, 3.05) is 0 Å². The summed E-state index contributed by atoms with van der Waals surface area (Å²) in [4.78, 5) is 28.6. The number of aliphatic carboxylic acids is 1. The molecule has 3 atom stereocenters. The first-order valence-electron chi connectivity index (χ1n) is 15.0. The Bertz CT molecular complexity index is 1900. The molecule has 0 spiro atoms. The lowest BCUT2D eigenvalue weighted by molar-refractivity contribution is -0.137. The van der Waals surface area contributed by atoms with Crippen molar-refractivity contribution in [1.29, 1.82) is 0 Å². The summed E-state index contributed by atoms with van der Waals surface area (Å²) in [5.74, 6) is -1.01. The molecule has 0 saturated carbocycles. The highest BCUT2D eigenvalue weighted by Gasteiger charge is 2.35. The Balaban J connectivity index is 1.80. The third-order valence-corrected chi connectivity index (χ3v) is 9.52. The molecule has 10 heteroatoms. The molecule has 10 nitrogen and oxygen atoms in total. The van der Waals surface area contributed by atoms with Gasteiger partial charge in [0, 0.05) is 57.4 Å². The third kappa shape index (κ3) is 4.47. The SMILES string of the molecule is CCC1=C(C(O)O)c2cc3nc(c(C)c4[nH]c(c5c6[nH]c(cc1n2)c(C)c6C(O)=C5)[C@@H](CCC(=O)O)[C@@H]4C)C(C)=C3[C@@H](C)O. The molecule has 44 heavy (non-hydrogen) atoms. The van der Waals surface area contributed by atoms with E-state index in [4.69, 9.17) is 9.97 Å². The monoisotopic (exact) mass is 598 g/mol. The molecule has 0 saturated heterocycles. The van der Waals surface area contributed by atoms with Crippen LogP contribution in [-0.2, 0) is 4.79 Å². The number of hydrogen-bond acceptors (Lipinski definition) is 7. The molecule has 4 aliphatic rings. The molecule has 230 valence electrons. The van der Waals surface area contributed by atoms with Crippen LogP contribution in [-0.4, -0.2) is 63.8 Å². The molecule has 0 fully saturated rings. The molecular formula is C34H38N4O6. The van der Waals surface area contributed by atoms with Crippen molar-refractivity contribution in [1.82, 2.24) is 19.9 Å². The van der Waals surface area contributed by atoms with Crippen molar-refractivity contribution in [2.45, 2.75) is 85.0 Å². The number of carboxylic acid groups (broad SMARTS) is 1. The predicted octanol–water partition coefficient (Wildman–Crippen LogP) is 5.72. The van der Waals surface area contributed by atoms with Crippen molar-refractivity contribution in [2.24, 2.45) is 0 Å². The Hall–Kier alpha value is -4.25. The number of rotatable bonds is 6. The molecular weight excluding hydrogens is 560 g/mol. The van der Waals surface area contributed by atoms with Crippen LogP contribution >= 0.6 is 0 Å². The molecule has 2 aromatic rings. The highest BCUT2D eigenvalue weighted by Crippen LogP contribution is 2.47. The quantitative estimate of drug-likeness (QED) is 0.207. The number of nitrogens with one attached hydrogen (secondary N) is 2. The molecule has 7 N–H and O–H groups in total. The molecule has 0 amide bonds. The number of hydrogen-bond donors (Lipinski definition) is 7. The lowest BCUT2D eigenvalue weighted by Gasteiger charge is -2.17. The number of aromatic amines is 2. The Morgan fingerprint density at radius 2 is 1.68 bits per heavy atom. The number of aromatic nitrogens is 4. The van der Waals surface area contributed by atoms with Gasteiger partial charge in [-0.15, -0.1) is 0 Å². The Labute approximate surface area is 254 Å². The number of aryl methyl sites for hydroxylation is 1. The average Bonchev–Trinajstić information content (AvgIpc) is 3.72. The maximum absolute atomic E-state index is 11.7. The highest BCUT2D eigenvalue weighted by molar-refractivity contribution is 6.02. The van der Waals surface area contributed by atoms with Crippen molar-refractivity contribution in [3.8, 4) is 0 Å². The second-order valence-corrected chi connectivity index (χ2v) is 12.1. The molecule has 2 aromatic heterocycles. The molecule has 0 radical (unpaired) electrons. The van der Waals surface area contributed by atoms with Crippen LogP contribution in [0.5, 0.6) is 0 Å². The summed E-state index contributed by atoms with van der Waals surface area (Å²) in [5, 5.41) is 52.5. The summed E-state index contributed by atoms with van der Waals surface area (Å²) in [6, 6.07) is 3.55. The fraction of sp³-hybridized carbons (Fsp3) is 0.382. The molecule has 1 aliphatic carbocycles. The van der Waals surface area contributed by atoms with Crippen molar-refractivity contribution >= 4 is 51.1 Å². The Morgan fingerprint density at radius 3 is 2.32 bits per heavy atom. The van der Waals surface area contributed by atoms with Crippen LogP contribution in [0.25, 0.3) is 45.2 Å². The second-order valence-electron chi connectivity index (χ2n) is 12.1. The van der Waals surface area contributed by atoms with E-state index in [2.05, 4.69) is 16.9 Å². The first-order chi connectivity index (χ1) is 20.8. The maximum atomic E-state index is 11.7. The van der Waals surface area contributed by atoms with Gasteiger partial charge >= 0.3 is 5.97 Å². The van der Waals surface area contributed by atoms with Gasteiger partial charge in [-0.1, -0.05) is 13.8 Å². The van der Waals surface area contributed by atoms with Gasteiger partial charge in [0.25, 0.3) is 0 Å². The topological polar surface area (TPSA) is 176 Å². The van der Waals surface area contributed by atoms with Gasteiger partial charge in [0.2, 0.25) is 0 Å². The van der Waals surface area contributed by atoms with E-state index < -0.39 is 18.4 Å². The van der Waals surface area contributed by atoms with Crippen LogP contribution in [0.15, 0.2) is 12.1 Å². The summed E-state index contributed by atoms with van der Waals surface area (Å²) < 4.78 is 0. The van der Waals surface area contributed by atoms with Gasteiger partial charge in [0.15, 0.2) is 6.29 Å². The predicted molar refractivity (Wildman–Crippen MR) is 170 cm³/mol. The van der Waals surface area contributed by atoms with Crippen LogP contribution in [0.1, 0.15) is 115 Å². The minimum absolute atomic E-state index is 0.00628. The zero-order valence-corrected chi connectivity index (χ0v) is 25.7. The molecule has 3 aliphatic heterocycles. The van der Waals surface area contributed by atoms with Gasteiger partial charge in [-0.3, -0.25) is 4.79 Å². The molecule has 0 unspecified atom stereocenters. The van der Waals surface area contributed by atoms with Crippen LogP contribution in [0.2, 0.25) is 0 Å². The number of fused-ring (bicyclic) bond motifs is 8. The van der Waals surface area contributed by atoms with E-state index in [1.807, 2.05) is 33.8 Å². The van der Waals surface area contributed by atoms with Gasteiger partial charge < -0.3 is 35.5 Å². The summed E-state index contributed by atoms with van der Waals surface area (Å²) in [6.07, 6.45) is -0.0178. The van der Waals surface area contributed by atoms with E-state index in [0.717, 1.165) is 39.2 Å². The Morgan fingerprint density at radius 1 is 0.977 bits per heavy atom. The highest BCUT2D eigenvalue weighted by atomic mass is 16.5. The van der Waals surface area contributed by atoms with Crippen molar-refractivity contribution in [3.63, 3.8) is 0 Å². The summed E-state index contributed by atoms with van der Waals surface area (Å²) in [5.41, 5.74) is 10.7. The first-order valence-corrected chi connectivity index (χ1v) is 15.0. The van der Waals surface area contributed by atoms with Gasteiger partial charge in [0.1, 0.15) is 5.76 Å². The van der Waals surface area contributed by atoms with Gasteiger partial charge in [-0.05, 0) is 81.0 Å². The lowest BCUT2D eigenvalue weighted by atomic mass is 9.84. The normalized spacial score (nSPS) is 19.2. The largest absolute Gasteiger partial charge is 0.507 e. The number of carbonyl (C=O) groups is 1. The number of aliphatic hydroxyl groups excluding tert-OH is 3. The average molecular weight is 599 g/mol. The minimum Gasteiger partial charge on any atom is -0.507 e. The van der Waals surface area contributed by atoms with Gasteiger partial charge in [-0.25, -0.2) is 9.97 Å². The summed E-state index contributed by atoms with van der Waals surface area (Å²) in [7, 11) is 0. The van der Waals surface area contributed by atoms with Gasteiger partial charge in [0.05, 0.1) is 34.4 Å². The fourth-order valence-electron chi connectivity index (χ4n) is 7.37. The second kappa shape index (κ2) is 10.7. The maximum Gasteiger partial charge on any atom is 0.303 e. The Kier molecular flexibility index (Phi) is 7.27. The molecule has 6 rings (SSSR count). The van der Waals surface area contributed by atoms with E-state index in [-0.39, 0.29) is 29.6 Å². The molecule has 5 heterocycles. The van der Waals surface area contributed by atoms with Crippen LogP contribution in [0, 0.1) is 13.8 Å². The van der Waals surface area contributed by atoms with Crippen molar-refractivity contribution < 1.29 is 30.3 Å². The first kappa shape index (κ1) is 29.8. The van der Waals surface area contributed by atoms with E-state index in [1.165, 1.54) is 0 Å². The number of carboxylic acids is 1. The van der Waals surface area contributed by atoms with E-state index in [9.17, 15) is 30.3 Å². The number of H-pyrrole nitrogens is 2. The summed E-state index contributed by atoms with van der Waals surface area (Å²) in [6.45, 7) is 11.4. The van der Waals surface area contributed by atoms with E-state index >= 15 is 0 Å². The smallest absolute Gasteiger partial charge is 0.303 e. The fourth-order valence-corrected chi connectivity index (χ4v) is 7.37. The summed E-state index contributed by atoms with van der Waals surface area (Å²) >= 11 is 0. The van der Waals surface area contributed by atoms with Crippen LogP contribution in [0.4, 0.5) is 0 Å². The minimum atomic E-state index is -1.77. The van der Waals surface area contributed by atoms with E-state index in [0.29, 0.717) is 57.8 Å². The van der Waals surface area contributed by atoms with Crippen LogP contribution in [0.3, 0.4) is 0 Å². The number of aliphatic hydroxyl groups is 4. The zero-order valence-electron chi connectivity index (χ0n) is 25.7. The third-order valence-electron chi connectivity index (χ3n) is 9.52. The number of nitrogens with zero attached hydrogens (tertiary/aromatic N) is 2.